The predicted molar refractivity (Wildman–Crippen MR) is 65.3 cm³/mol. The molecule has 1 aromatic rings. The smallest absolute Gasteiger partial charge is 0.318 e. The first-order chi connectivity index (χ1) is 8.85. The van der Waals surface area contributed by atoms with E-state index >= 15 is 0 Å². The third kappa shape index (κ3) is 3.18. The summed E-state index contributed by atoms with van der Waals surface area (Å²) in [5.41, 5.74) is 0. The van der Waals surface area contributed by atoms with Gasteiger partial charge in [0.25, 0.3) is 0 Å². The monoisotopic (exact) mass is 256 g/mol. The number of nitrogens with zero attached hydrogens (tertiary/aromatic N) is 3. The van der Waals surface area contributed by atoms with Gasteiger partial charge in [-0.3, -0.25) is 0 Å². The second-order valence-corrected chi connectivity index (χ2v) is 4.26. The quantitative estimate of drug-likeness (QED) is 0.680. The van der Waals surface area contributed by atoms with E-state index in [1.807, 2.05) is 4.90 Å². The highest BCUT2D eigenvalue weighted by atomic mass is 16.5. The van der Waals surface area contributed by atoms with Gasteiger partial charge in [-0.15, -0.1) is 5.10 Å². The number of hydrogen-bond donors (Lipinski definition) is 2. The van der Waals surface area contributed by atoms with Crippen molar-refractivity contribution in [3.8, 4) is 0 Å². The Balaban J connectivity index is 1.95. The van der Waals surface area contributed by atoms with Crippen LogP contribution in [0.1, 0.15) is 19.2 Å². The molecule has 2 N–H and O–H groups in total. The third-order valence-electron chi connectivity index (χ3n) is 2.84. The van der Waals surface area contributed by atoms with Gasteiger partial charge < -0.3 is 24.5 Å². The molecule has 0 bridgehead atoms. The van der Waals surface area contributed by atoms with E-state index in [0.717, 1.165) is 13.0 Å². The van der Waals surface area contributed by atoms with Crippen molar-refractivity contribution in [3.05, 3.63) is 5.89 Å². The molecule has 1 unspecified atom stereocenters. The first kappa shape index (κ1) is 13.3. The average Bonchev–Trinajstić information content (AvgIpc) is 2.88. The molecule has 0 saturated carbocycles. The molecule has 1 fully saturated rings. The molecular weight excluding hydrogens is 236 g/mol. The summed E-state index contributed by atoms with van der Waals surface area (Å²) in [6, 6.07) is 0.362. The zero-order chi connectivity index (χ0) is 12.8. The van der Waals surface area contributed by atoms with Gasteiger partial charge in [0.15, 0.2) is 0 Å². The molecule has 0 spiro atoms. The third-order valence-corrected chi connectivity index (χ3v) is 2.84. The first-order valence-corrected chi connectivity index (χ1v) is 6.33. The predicted octanol–water partition coefficient (Wildman–Crippen LogP) is -0.233. The Bertz CT molecular complexity index is 358. The largest absolute Gasteiger partial charge is 0.407 e. The van der Waals surface area contributed by atoms with Crippen LogP contribution in [0, 0.1) is 0 Å². The normalized spacial score (nSPS) is 20.3. The van der Waals surface area contributed by atoms with Crippen LogP contribution in [-0.2, 0) is 11.3 Å². The van der Waals surface area contributed by atoms with Crippen molar-refractivity contribution in [2.24, 2.45) is 0 Å². The zero-order valence-electron chi connectivity index (χ0n) is 10.6. The Morgan fingerprint density at radius 1 is 1.50 bits per heavy atom. The van der Waals surface area contributed by atoms with Crippen molar-refractivity contribution in [1.82, 2.24) is 15.5 Å². The van der Waals surface area contributed by atoms with E-state index in [2.05, 4.69) is 22.4 Å². The maximum atomic E-state index is 9.28. The standard InChI is InChI=1S/C11H20N4O3/c1-2-3-12-6-10-13-14-11(18-10)15-4-5-17-8-9(15)7-16/h9,12,16H,2-8H2,1H3. The van der Waals surface area contributed by atoms with Gasteiger partial charge in [0, 0.05) is 6.54 Å². The van der Waals surface area contributed by atoms with Crippen LogP contribution in [0.2, 0.25) is 0 Å². The fraction of sp³-hybridized carbons (Fsp3) is 0.818. The van der Waals surface area contributed by atoms with Gasteiger partial charge in [-0.25, -0.2) is 0 Å². The Hall–Kier alpha value is -1.18. The average molecular weight is 256 g/mol. The summed E-state index contributed by atoms with van der Waals surface area (Å²) in [4.78, 5) is 1.90. The van der Waals surface area contributed by atoms with E-state index < -0.39 is 0 Å². The SMILES string of the molecule is CCCNCc1nnc(N2CCOCC2CO)o1. The molecule has 1 saturated heterocycles. The molecular formula is C11H20N4O3. The Kier molecular flexibility index (Phi) is 4.91. The van der Waals surface area contributed by atoms with Gasteiger partial charge in [0.1, 0.15) is 0 Å². The van der Waals surface area contributed by atoms with Crippen LogP contribution in [0.25, 0.3) is 0 Å². The highest BCUT2D eigenvalue weighted by molar-refractivity contribution is 5.27. The van der Waals surface area contributed by atoms with Crippen molar-refractivity contribution >= 4 is 6.01 Å². The molecule has 1 atom stereocenters. The molecule has 7 heteroatoms. The number of morpholine rings is 1. The Morgan fingerprint density at radius 3 is 3.17 bits per heavy atom. The zero-order valence-corrected chi connectivity index (χ0v) is 10.6. The molecule has 0 amide bonds. The van der Waals surface area contributed by atoms with E-state index in [1.165, 1.54) is 0 Å². The molecule has 2 heterocycles. The van der Waals surface area contributed by atoms with Gasteiger partial charge in [0.2, 0.25) is 5.89 Å². The minimum atomic E-state index is -0.101. The lowest BCUT2D eigenvalue weighted by Gasteiger charge is -2.32. The molecule has 18 heavy (non-hydrogen) atoms. The van der Waals surface area contributed by atoms with E-state index in [0.29, 0.717) is 38.2 Å². The van der Waals surface area contributed by atoms with Gasteiger partial charge >= 0.3 is 6.01 Å². The van der Waals surface area contributed by atoms with Crippen LogP contribution in [0.4, 0.5) is 6.01 Å². The molecule has 102 valence electrons. The van der Waals surface area contributed by atoms with Gasteiger partial charge in [-0.1, -0.05) is 12.0 Å². The van der Waals surface area contributed by atoms with Crippen LogP contribution in [0.5, 0.6) is 0 Å². The number of aromatic nitrogens is 2. The van der Waals surface area contributed by atoms with E-state index in [-0.39, 0.29) is 12.6 Å². The lowest BCUT2D eigenvalue weighted by atomic mass is 10.2. The summed E-state index contributed by atoms with van der Waals surface area (Å²) in [7, 11) is 0. The number of anilines is 1. The molecule has 2 rings (SSSR count). The van der Waals surface area contributed by atoms with Crippen molar-refractivity contribution in [1.29, 1.82) is 0 Å². The number of nitrogens with one attached hydrogen (secondary N) is 1. The van der Waals surface area contributed by atoms with Crippen molar-refractivity contribution in [3.63, 3.8) is 0 Å². The molecule has 1 aliphatic rings. The highest BCUT2D eigenvalue weighted by Crippen LogP contribution is 2.17. The molecule has 0 radical (unpaired) electrons. The molecule has 0 aliphatic carbocycles. The summed E-state index contributed by atoms with van der Waals surface area (Å²) >= 11 is 0. The Labute approximate surface area is 106 Å². The fourth-order valence-electron chi connectivity index (χ4n) is 1.86. The lowest BCUT2D eigenvalue weighted by Crippen LogP contribution is -2.47. The van der Waals surface area contributed by atoms with Crippen LogP contribution in [0.3, 0.4) is 0 Å². The van der Waals surface area contributed by atoms with Crippen LogP contribution in [-0.4, -0.2) is 54.3 Å². The molecule has 1 aliphatic heterocycles. The van der Waals surface area contributed by atoms with E-state index in [4.69, 9.17) is 9.15 Å². The summed E-state index contributed by atoms with van der Waals surface area (Å²) < 4.78 is 10.9. The van der Waals surface area contributed by atoms with Gasteiger partial charge in [-0.05, 0) is 13.0 Å². The first-order valence-electron chi connectivity index (χ1n) is 6.33. The number of ether oxygens (including phenoxy) is 1. The lowest BCUT2D eigenvalue weighted by molar-refractivity contribution is 0.0697. The second-order valence-electron chi connectivity index (χ2n) is 4.26. The van der Waals surface area contributed by atoms with Crippen molar-refractivity contribution in [2.45, 2.75) is 25.9 Å². The summed E-state index contributed by atoms with van der Waals surface area (Å²) in [5, 5.41) is 20.5. The summed E-state index contributed by atoms with van der Waals surface area (Å²) in [5.74, 6) is 0.571. The maximum Gasteiger partial charge on any atom is 0.318 e. The number of aliphatic hydroxyl groups is 1. The topological polar surface area (TPSA) is 83.7 Å². The summed E-state index contributed by atoms with van der Waals surface area (Å²) in [6.45, 7) is 5.39. The van der Waals surface area contributed by atoms with Gasteiger partial charge in [-0.2, -0.15) is 0 Å². The molecule has 7 nitrogen and oxygen atoms in total. The Morgan fingerprint density at radius 2 is 2.39 bits per heavy atom. The van der Waals surface area contributed by atoms with Crippen LogP contribution < -0.4 is 10.2 Å². The minimum absolute atomic E-state index is 0.0196. The molecule has 0 aromatic carbocycles. The second kappa shape index (κ2) is 6.67. The van der Waals surface area contributed by atoms with Crippen molar-refractivity contribution in [2.75, 3.05) is 37.8 Å². The van der Waals surface area contributed by atoms with Crippen molar-refractivity contribution < 1.29 is 14.3 Å². The summed E-state index contributed by atoms with van der Waals surface area (Å²) in [6.07, 6.45) is 1.07. The van der Waals surface area contributed by atoms with E-state index in [9.17, 15) is 5.11 Å². The number of hydrogen-bond acceptors (Lipinski definition) is 7. The number of rotatable bonds is 6. The molecule has 1 aromatic heterocycles. The van der Waals surface area contributed by atoms with Crippen LogP contribution in [0.15, 0.2) is 4.42 Å². The van der Waals surface area contributed by atoms with E-state index in [1.54, 1.807) is 0 Å². The fourth-order valence-corrected chi connectivity index (χ4v) is 1.86. The van der Waals surface area contributed by atoms with Crippen LogP contribution >= 0.6 is 0 Å². The number of aliphatic hydroxyl groups excluding tert-OH is 1. The maximum absolute atomic E-state index is 9.28. The minimum Gasteiger partial charge on any atom is -0.407 e. The highest BCUT2D eigenvalue weighted by Gasteiger charge is 2.26. The van der Waals surface area contributed by atoms with Gasteiger partial charge in [0.05, 0.1) is 32.4 Å².